The zero-order chi connectivity index (χ0) is 19.9. The first-order valence-electron chi connectivity index (χ1n) is 9.11. The second-order valence-corrected chi connectivity index (χ2v) is 7.00. The molecular weight excluding hydrogens is 340 g/mol. The molecule has 0 radical (unpaired) electrons. The van der Waals surface area contributed by atoms with Gasteiger partial charge in [0, 0.05) is 17.9 Å². The number of nitrogens with two attached hydrogens (primary N) is 1. The first-order valence-corrected chi connectivity index (χ1v) is 9.11. The van der Waals surface area contributed by atoms with Crippen LogP contribution >= 0.6 is 0 Å². The molecule has 6 heteroatoms. The maximum Gasteiger partial charge on any atom is 0.323 e. The fourth-order valence-electron chi connectivity index (χ4n) is 2.79. The van der Waals surface area contributed by atoms with Crippen molar-refractivity contribution in [3.8, 4) is 0 Å². The summed E-state index contributed by atoms with van der Waals surface area (Å²) in [4.78, 5) is 24.4. The molecule has 1 atom stereocenters. The summed E-state index contributed by atoms with van der Waals surface area (Å²) < 4.78 is 0. The molecule has 0 aliphatic heterocycles. The van der Waals surface area contributed by atoms with E-state index in [1.807, 2.05) is 56.3 Å². The molecule has 27 heavy (non-hydrogen) atoms. The maximum absolute atomic E-state index is 12.2. The largest absolute Gasteiger partial charge is 0.350 e. The lowest BCUT2D eigenvalue weighted by molar-refractivity contribution is -0.126. The summed E-state index contributed by atoms with van der Waals surface area (Å²) in [6, 6.07) is 14.6. The van der Waals surface area contributed by atoms with Crippen molar-refractivity contribution < 1.29 is 9.59 Å². The predicted molar refractivity (Wildman–Crippen MR) is 110 cm³/mol. The van der Waals surface area contributed by atoms with E-state index in [1.165, 1.54) is 0 Å². The van der Waals surface area contributed by atoms with Gasteiger partial charge in [0.25, 0.3) is 0 Å². The molecule has 1 unspecified atom stereocenters. The van der Waals surface area contributed by atoms with Crippen molar-refractivity contribution in [2.75, 3.05) is 10.6 Å². The SMILES string of the molecule is CCCC(C)(N)C(=O)NCc1cccc(NC(=O)Nc2cccc(C)c2)c1. The number of benzene rings is 2. The van der Waals surface area contributed by atoms with E-state index in [1.54, 1.807) is 13.0 Å². The number of carbonyl (C=O) groups excluding carboxylic acids is 2. The number of nitrogens with one attached hydrogen (secondary N) is 3. The smallest absolute Gasteiger partial charge is 0.323 e. The van der Waals surface area contributed by atoms with Gasteiger partial charge in [-0.2, -0.15) is 0 Å². The number of urea groups is 1. The molecule has 0 bridgehead atoms. The molecule has 0 fully saturated rings. The van der Waals surface area contributed by atoms with Crippen molar-refractivity contribution in [2.45, 2.75) is 45.7 Å². The molecule has 0 saturated heterocycles. The molecule has 6 nitrogen and oxygen atoms in total. The second kappa shape index (κ2) is 9.19. The third kappa shape index (κ3) is 6.42. The fraction of sp³-hybridized carbons (Fsp3) is 0.333. The number of amides is 3. The highest BCUT2D eigenvalue weighted by Crippen LogP contribution is 2.14. The number of anilines is 2. The molecule has 0 aliphatic carbocycles. The molecule has 3 amide bonds. The van der Waals surface area contributed by atoms with Gasteiger partial charge in [0.05, 0.1) is 5.54 Å². The first-order chi connectivity index (χ1) is 12.8. The van der Waals surface area contributed by atoms with Gasteiger partial charge in [0.15, 0.2) is 0 Å². The summed E-state index contributed by atoms with van der Waals surface area (Å²) in [6.45, 7) is 6.05. The van der Waals surface area contributed by atoms with E-state index in [0.717, 1.165) is 23.2 Å². The van der Waals surface area contributed by atoms with Crippen LogP contribution in [-0.2, 0) is 11.3 Å². The van der Waals surface area contributed by atoms with Gasteiger partial charge < -0.3 is 21.7 Å². The van der Waals surface area contributed by atoms with Gasteiger partial charge in [-0.25, -0.2) is 4.79 Å². The standard InChI is InChI=1S/C21H28N4O2/c1-4-11-21(3,22)19(26)23-14-16-8-6-10-18(13-16)25-20(27)24-17-9-5-7-15(2)12-17/h5-10,12-13H,4,11,14,22H2,1-3H3,(H,23,26)(H2,24,25,27). The lowest BCUT2D eigenvalue weighted by Crippen LogP contribution is -2.51. The topological polar surface area (TPSA) is 96.2 Å². The van der Waals surface area contributed by atoms with Crippen molar-refractivity contribution in [3.05, 3.63) is 59.7 Å². The summed E-state index contributed by atoms with van der Waals surface area (Å²) >= 11 is 0. The van der Waals surface area contributed by atoms with Crippen LogP contribution in [0, 0.1) is 6.92 Å². The number of hydrogen-bond acceptors (Lipinski definition) is 3. The Labute approximate surface area is 160 Å². The predicted octanol–water partition coefficient (Wildman–Crippen LogP) is 3.77. The van der Waals surface area contributed by atoms with Gasteiger partial charge >= 0.3 is 6.03 Å². The van der Waals surface area contributed by atoms with E-state index in [-0.39, 0.29) is 11.9 Å². The molecule has 0 saturated carbocycles. The Bertz CT molecular complexity index is 802. The highest BCUT2D eigenvalue weighted by molar-refractivity contribution is 5.99. The van der Waals surface area contributed by atoms with Gasteiger partial charge in [-0.05, 0) is 55.7 Å². The van der Waals surface area contributed by atoms with E-state index in [2.05, 4.69) is 16.0 Å². The van der Waals surface area contributed by atoms with Crippen molar-refractivity contribution in [1.82, 2.24) is 5.32 Å². The van der Waals surface area contributed by atoms with Gasteiger partial charge in [0.2, 0.25) is 5.91 Å². The molecule has 2 aromatic rings. The van der Waals surface area contributed by atoms with Gasteiger partial charge in [-0.1, -0.05) is 37.6 Å². The highest BCUT2D eigenvalue weighted by Gasteiger charge is 2.26. The summed E-state index contributed by atoms with van der Waals surface area (Å²) in [6.07, 6.45) is 1.47. The van der Waals surface area contributed by atoms with E-state index in [9.17, 15) is 9.59 Å². The summed E-state index contributed by atoms with van der Waals surface area (Å²) in [5.74, 6) is -0.181. The van der Waals surface area contributed by atoms with Crippen LogP contribution in [0.2, 0.25) is 0 Å². The lowest BCUT2D eigenvalue weighted by atomic mass is 9.96. The van der Waals surface area contributed by atoms with Crippen LogP contribution in [0.5, 0.6) is 0 Å². The van der Waals surface area contributed by atoms with Crippen molar-refractivity contribution in [3.63, 3.8) is 0 Å². The molecule has 0 aliphatic rings. The zero-order valence-electron chi connectivity index (χ0n) is 16.1. The zero-order valence-corrected chi connectivity index (χ0v) is 16.1. The summed E-state index contributed by atoms with van der Waals surface area (Å²) in [5, 5.41) is 8.46. The Hall–Kier alpha value is -2.86. The van der Waals surface area contributed by atoms with Gasteiger partial charge in [0.1, 0.15) is 0 Å². The van der Waals surface area contributed by atoms with E-state index in [4.69, 9.17) is 5.73 Å². The van der Waals surface area contributed by atoms with Gasteiger partial charge in [-0.3, -0.25) is 4.79 Å². The number of carbonyl (C=O) groups is 2. The molecule has 2 rings (SSSR count). The van der Waals surface area contributed by atoms with Crippen LogP contribution in [0.1, 0.15) is 37.8 Å². The Morgan fingerprint density at radius 2 is 1.67 bits per heavy atom. The highest BCUT2D eigenvalue weighted by atomic mass is 16.2. The Morgan fingerprint density at radius 3 is 2.30 bits per heavy atom. The van der Waals surface area contributed by atoms with Crippen molar-refractivity contribution >= 4 is 23.3 Å². The van der Waals surface area contributed by atoms with E-state index >= 15 is 0 Å². The van der Waals surface area contributed by atoms with Crippen LogP contribution in [0.15, 0.2) is 48.5 Å². The molecule has 5 N–H and O–H groups in total. The Balaban J connectivity index is 1.93. The lowest BCUT2D eigenvalue weighted by Gasteiger charge is -2.22. The number of hydrogen-bond donors (Lipinski definition) is 4. The monoisotopic (exact) mass is 368 g/mol. The van der Waals surface area contributed by atoms with Crippen molar-refractivity contribution in [2.24, 2.45) is 5.73 Å². The maximum atomic E-state index is 12.2. The quantitative estimate of drug-likeness (QED) is 0.599. The molecule has 2 aromatic carbocycles. The average Bonchev–Trinajstić information content (AvgIpc) is 2.59. The summed E-state index contributed by atoms with van der Waals surface area (Å²) in [7, 11) is 0. The minimum atomic E-state index is -0.877. The van der Waals surface area contributed by atoms with Crippen LogP contribution in [0.4, 0.5) is 16.2 Å². The Kier molecular flexibility index (Phi) is 6.96. The molecular formula is C21H28N4O2. The van der Waals surface area contributed by atoms with Gasteiger partial charge in [-0.15, -0.1) is 0 Å². The first kappa shape index (κ1) is 20.5. The normalized spacial score (nSPS) is 12.7. The van der Waals surface area contributed by atoms with Crippen molar-refractivity contribution in [1.29, 1.82) is 0 Å². The molecule has 144 valence electrons. The van der Waals surface area contributed by atoms with Crippen LogP contribution in [0.3, 0.4) is 0 Å². The third-order valence-electron chi connectivity index (χ3n) is 4.20. The third-order valence-corrected chi connectivity index (χ3v) is 4.20. The van der Waals surface area contributed by atoms with E-state index in [0.29, 0.717) is 18.7 Å². The summed E-state index contributed by atoms with van der Waals surface area (Å²) in [5.41, 5.74) is 8.49. The molecule has 0 heterocycles. The minimum absolute atomic E-state index is 0.181. The number of rotatable bonds is 7. The van der Waals surface area contributed by atoms with E-state index < -0.39 is 5.54 Å². The molecule has 0 spiro atoms. The second-order valence-electron chi connectivity index (χ2n) is 7.00. The fourth-order valence-corrected chi connectivity index (χ4v) is 2.79. The van der Waals surface area contributed by atoms with Crippen LogP contribution in [-0.4, -0.2) is 17.5 Å². The number of aryl methyl sites for hydroxylation is 1. The molecule has 0 aromatic heterocycles. The minimum Gasteiger partial charge on any atom is -0.350 e. The van der Waals surface area contributed by atoms with Crippen LogP contribution in [0.25, 0.3) is 0 Å². The van der Waals surface area contributed by atoms with Crippen LogP contribution < -0.4 is 21.7 Å². The average molecular weight is 368 g/mol. The Morgan fingerprint density at radius 1 is 1.04 bits per heavy atom.